The Morgan fingerprint density at radius 3 is 2.63 bits per heavy atom. The number of hydrogen-bond acceptors (Lipinski definition) is 4. The van der Waals surface area contributed by atoms with Crippen LogP contribution in [0, 0.1) is 0 Å². The van der Waals surface area contributed by atoms with Crippen LogP contribution in [0.2, 0.25) is 0 Å². The Morgan fingerprint density at radius 1 is 1.42 bits per heavy atom. The highest BCUT2D eigenvalue weighted by Crippen LogP contribution is 2.10. The summed E-state index contributed by atoms with van der Waals surface area (Å²) < 4.78 is 0. The van der Waals surface area contributed by atoms with Gasteiger partial charge in [-0.1, -0.05) is 13.0 Å². The summed E-state index contributed by atoms with van der Waals surface area (Å²) >= 11 is 0. The molecule has 0 saturated heterocycles. The van der Waals surface area contributed by atoms with E-state index in [4.69, 9.17) is 0 Å². The minimum Gasteiger partial charge on any atom is -0.304 e. The number of carbonyl (C=O) groups is 1. The Hall–Kier alpha value is -1.81. The molecule has 0 aliphatic heterocycles. The summed E-state index contributed by atoms with van der Waals surface area (Å²) in [4.78, 5) is 21.9. The van der Waals surface area contributed by atoms with E-state index in [0.29, 0.717) is 12.1 Å². The number of aldehydes is 1. The van der Waals surface area contributed by atoms with Crippen molar-refractivity contribution in [3.8, 4) is 0 Å². The lowest BCUT2D eigenvalue weighted by Gasteiger charge is -2.13. The Bertz CT molecular complexity index is 475. The largest absolute Gasteiger partial charge is 0.304 e. The molecule has 1 rings (SSSR count). The third-order valence-corrected chi connectivity index (χ3v) is 2.66. The van der Waals surface area contributed by atoms with Gasteiger partial charge in [0.1, 0.15) is 6.29 Å². The zero-order chi connectivity index (χ0) is 14.3. The predicted octanol–water partition coefficient (Wildman–Crippen LogP) is 2.32. The molecule has 0 atom stereocenters. The molecule has 0 amide bonds. The maximum absolute atomic E-state index is 11.0. The lowest BCUT2D eigenvalue weighted by atomic mass is 10.1. The van der Waals surface area contributed by atoms with E-state index >= 15 is 0 Å². The van der Waals surface area contributed by atoms with Crippen LogP contribution in [0.3, 0.4) is 0 Å². The van der Waals surface area contributed by atoms with Gasteiger partial charge in [0.25, 0.3) is 0 Å². The summed E-state index contributed by atoms with van der Waals surface area (Å²) in [6, 6.07) is 5.76. The van der Waals surface area contributed by atoms with E-state index in [1.165, 1.54) is 0 Å². The van der Waals surface area contributed by atoms with Crippen molar-refractivity contribution >= 4 is 12.0 Å². The first kappa shape index (κ1) is 15.2. The van der Waals surface area contributed by atoms with Gasteiger partial charge in [-0.15, -0.1) is 0 Å². The lowest BCUT2D eigenvalue weighted by Crippen LogP contribution is -2.17. The highest BCUT2D eigenvalue weighted by Gasteiger charge is 2.07. The van der Waals surface area contributed by atoms with Crippen LogP contribution in [-0.4, -0.2) is 42.5 Å². The summed E-state index contributed by atoms with van der Waals surface area (Å²) in [6.07, 6.45) is 3.39. The first-order valence-corrected chi connectivity index (χ1v) is 6.37. The molecule has 0 unspecified atom stereocenters. The van der Waals surface area contributed by atoms with Crippen molar-refractivity contribution in [2.75, 3.05) is 20.6 Å². The molecule has 0 fully saturated rings. The minimum absolute atomic E-state index is 0.640. The lowest BCUT2D eigenvalue weighted by molar-refractivity contribution is -0.104. The van der Waals surface area contributed by atoms with Gasteiger partial charge in [0.05, 0.1) is 17.1 Å². The van der Waals surface area contributed by atoms with Crippen LogP contribution >= 0.6 is 0 Å². The predicted molar refractivity (Wildman–Crippen MR) is 78.4 cm³/mol. The summed E-state index contributed by atoms with van der Waals surface area (Å²) in [5.41, 5.74) is 3.22. The van der Waals surface area contributed by atoms with Crippen molar-refractivity contribution in [2.45, 2.75) is 20.3 Å². The van der Waals surface area contributed by atoms with Crippen molar-refractivity contribution in [3.63, 3.8) is 0 Å². The molecule has 4 heteroatoms. The Morgan fingerprint density at radius 2 is 2.16 bits per heavy atom. The average Bonchev–Trinajstić information content (AvgIpc) is 2.43. The molecule has 0 aliphatic rings. The Kier molecular flexibility index (Phi) is 6.09. The van der Waals surface area contributed by atoms with E-state index in [1.807, 2.05) is 44.1 Å². The molecule has 19 heavy (non-hydrogen) atoms. The zero-order valence-electron chi connectivity index (χ0n) is 12.1. The third kappa shape index (κ3) is 4.75. The van der Waals surface area contributed by atoms with Crippen LogP contribution in [0.1, 0.15) is 26.0 Å². The van der Waals surface area contributed by atoms with Gasteiger partial charge in [-0.25, -0.2) is 0 Å². The van der Waals surface area contributed by atoms with Crippen LogP contribution < -0.4 is 0 Å². The molecule has 0 aromatic carbocycles. The molecule has 102 valence electrons. The van der Waals surface area contributed by atoms with Gasteiger partial charge in [0.2, 0.25) is 0 Å². The van der Waals surface area contributed by atoms with Gasteiger partial charge >= 0.3 is 0 Å². The number of likely N-dealkylation sites (N-methyl/N-ethyl adjacent to an activating group) is 1. The average molecular weight is 259 g/mol. The Labute approximate surface area is 114 Å². The van der Waals surface area contributed by atoms with Crippen LogP contribution in [-0.2, 0) is 4.79 Å². The van der Waals surface area contributed by atoms with Crippen molar-refractivity contribution in [3.05, 3.63) is 41.4 Å². The Balaban J connectivity index is 3.16. The number of pyridine rings is 1. The highest BCUT2D eigenvalue weighted by molar-refractivity contribution is 5.99. The summed E-state index contributed by atoms with van der Waals surface area (Å²) in [5.74, 6) is 0. The van der Waals surface area contributed by atoms with Crippen LogP contribution in [0.5, 0.6) is 0 Å². The molecular formula is C15H21N3O. The fourth-order valence-corrected chi connectivity index (χ4v) is 1.63. The first-order valence-electron chi connectivity index (χ1n) is 6.37. The number of carbonyl (C=O) groups excluding carboxylic acids is 1. The van der Waals surface area contributed by atoms with Crippen LogP contribution in [0.4, 0.5) is 0 Å². The quantitative estimate of drug-likeness (QED) is 0.447. The highest BCUT2D eigenvalue weighted by atomic mass is 16.1. The van der Waals surface area contributed by atoms with E-state index < -0.39 is 0 Å². The number of hydrogen-bond donors (Lipinski definition) is 0. The summed E-state index contributed by atoms with van der Waals surface area (Å²) in [6.45, 7) is 4.47. The van der Waals surface area contributed by atoms with E-state index in [1.54, 1.807) is 13.1 Å². The molecule has 0 saturated carbocycles. The molecule has 1 heterocycles. The zero-order valence-corrected chi connectivity index (χ0v) is 12.1. The van der Waals surface area contributed by atoms with Gasteiger partial charge in [-0.3, -0.25) is 14.8 Å². The van der Waals surface area contributed by atoms with Crippen molar-refractivity contribution in [2.24, 2.45) is 4.99 Å². The number of rotatable bonds is 6. The number of aromatic nitrogens is 1. The van der Waals surface area contributed by atoms with E-state index in [-0.39, 0.29) is 0 Å². The van der Waals surface area contributed by atoms with E-state index in [0.717, 1.165) is 29.8 Å². The topological polar surface area (TPSA) is 45.6 Å². The molecule has 4 nitrogen and oxygen atoms in total. The number of allylic oxidation sites excluding steroid dienone is 1. The molecule has 0 aliphatic carbocycles. The van der Waals surface area contributed by atoms with Crippen molar-refractivity contribution in [1.29, 1.82) is 0 Å². The molecule has 0 bridgehead atoms. The van der Waals surface area contributed by atoms with Crippen molar-refractivity contribution < 1.29 is 4.79 Å². The first-order chi connectivity index (χ1) is 9.08. The second kappa shape index (κ2) is 7.59. The standard InChI is InChI=1S/C15H21N3O/c1-5-13(14-8-6-7-9-16-14)17-15(10-18(3)4)12(2)11-19/h6-9,11H,5,10H2,1-4H3/b15-12+,17-13+. The van der Waals surface area contributed by atoms with Gasteiger partial charge < -0.3 is 4.90 Å². The second-order valence-corrected chi connectivity index (χ2v) is 4.61. The van der Waals surface area contributed by atoms with E-state index in [9.17, 15) is 4.79 Å². The maximum atomic E-state index is 11.0. The van der Waals surface area contributed by atoms with Crippen LogP contribution in [0.25, 0.3) is 0 Å². The van der Waals surface area contributed by atoms with Gasteiger partial charge in [-0.05, 0) is 39.6 Å². The van der Waals surface area contributed by atoms with Gasteiger partial charge in [0.15, 0.2) is 0 Å². The normalized spacial score (nSPS) is 13.4. The smallest absolute Gasteiger partial charge is 0.147 e. The molecule has 0 radical (unpaired) electrons. The fourth-order valence-electron chi connectivity index (χ4n) is 1.63. The SMILES string of the molecule is CC/C(=N\C(CN(C)C)=C(/C)C=O)c1ccccn1. The molecule has 0 spiro atoms. The number of aliphatic imine (C=N–C) groups is 1. The fraction of sp³-hybridized carbons (Fsp3) is 0.400. The summed E-state index contributed by atoms with van der Waals surface area (Å²) in [5, 5.41) is 0. The molecule has 1 aromatic rings. The van der Waals surface area contributed by atoms with Gasteiger partial charge in [-0.2, -0.15) is 0 Å². The van der Waals surface area contributed by atoms with Crippen molar-refractivity contribution in [1.82, 2.24) is 9.88 Å². The second-order valence-electron chi connectivity index (χ2n) is 4.61. The monoisotopic (exact) mass is 259 g/mol. The van der Waals surface area contributed by atoms with E-state index in [2.05, 4.69) is 9.98 Å². The maximum Gasteiger partial charge on any atom is 0.147 e. The van der Waals surface area contributed by atoms with Crippen LogP contribution in [0.15, 0.2) is 40.7 Å². The van der Waals surface area contributed by atoms with Gasteiger partial charge in [0, 0.05) is 18.3 Å². The third-order valence-electron chi connectivity index (χ3n) is 2.66. The minimum atomic E-state index is 0.640. The molecular weight excluding hydrogens is 238 g/mol. The summed E-state index contributed by atoms with van der Waals surface area (Å²) in [7, 11) is 3.92. The molecule has 0 N–H and O–H groups in total. The molecule has 1 aromatic heterocycles. The number of nitrogens with zero attached hydrogens (tertiary/aromatic N) is 3.